The summed E-state index contributed by atoms with van der Waals surface area (Å²) in [5, 5.41) is 0. The van der Waals surface area contributed by atoms with Crippen molar-refractivity contribution in [3.63, 3.8) is 0 Å². The number of hydrogen-bond donors (Lipinski definition) is 1. The Hall–Kier alpha value is -1.61. The van der Waals surface area contributed by atoms with Crippen LogP contribution < -0.4 is 0 Å². The van der Waals surface area contributed by atoms with Gasteiger partial charge in [-0.05, 0) is 43.7 Å². The van der Waals surface area contributed by atoms with Crippen molar-refractivity contribution in [3.05, 3.63) is 54.1 Å². The van der Waals surface area contributed by atoms with E-state index >= 15 is 0 Å². The van der Waals surface area contributed by atoms with Gasteiger partial charge >= 0.3 is 0 Å². The number of nitrogens with zero attached hydrogens (tertiary/aromatic N) is 2. The molecule has 1 atom stereocenters. The first-order valence-corrected chi connectivity index (χ1v) is 7.65. The Balaban J connectivity index is 1.48. The van der Waals surface area contributed by atoms with Crippen LogP contribution in [0.1, 0.15) is 30.7 Å². The van der Waals surface area contributed by atoms with Gasteiger partial charge in [0, 0.05) is 18.9 Å². The summed E-state index contributed by atoms with van der Waals surface area (Å²) in [7, 11) is 0. The van der Waals surface area contributed by atoms with Crippen molar-refractivity contribution in [1.82, 2.24) is 14.9 Å². The van der Waals surface area contributed by atoms with Crippen LogP contribution in [0.15, 0.2) is 42.7 Å². The molecule has 20 heavy (non-hydrogen) atoms. The third-order valence-corrected chi connectivity index (χ3v) is 4.22. The minimum absolute atomic E-state index is 0.832. The molecule has 1 N–H and O–H groups in total. The average Bonchev–Trinajstić information content (AvgIpc) is 3.00. The number of hydrogen-bond acceptors (Lipinski definition) is 2. The summed E-state index contributed by atoms with van der Waals surface area (Å²) in [6, 6.07) is 10.8. The van der Waals surface area contributed by atoms with Crippen LogP contribution in [0.4, 0.5) is 0 Å². The first-order chi connectivity index (χ1) is 9.90. The normalized spacial score (nSPS) is 20.1. The highest BCUT2D eigenvalue weighted by Gasteiger charge is 2.20. The largest absolute Gasteiger partial charge is 0.348 e. The average molecular weight is 269 g/mol. The number of rotatable bonds is 5. The second-order valence-electron chi connectivity index (χ2n) is 5.80. The van der Waals surface area contributed by atoms with E-state index < -0.39 is 0 Å². The van der Waals surface area contributed by atoms with Gasteiger partial charge in [-0.25, -0.2) is 4.98 Å². The van der Waals surface area contributed by atoms with E-state index in [0.717, 1.165) is 18.3 Å². The van der Waals surface area contributed by atoms with E-state index in [4.69, 9.17) is 0 Å². The molecule has 3 rings (SSSR count). The number of aryl methyl sites for hydroxylation is 1. The maximum atomic E-state index is 4.33. The Kier molecular flexibility index (Phi) is 4.49. The molecule has 2 heterocycles. The molecule has 1 aromatic heterocycles. The van der Waals surface area contributed by atoms with Crippen molar-refractivity contribution in [3.8, 4) is 0 Å². The van der Waals surface area contributed by atoms with Crippen LogP contribution in [0.3, 0.4) is 0 Å². The molecule has 106 valence electrons. The predicted molar refractivity (Wildman–Crippen MR) is 81.4 cm³/mol. The number of aromatic amines is 1. The molecule has 1 unspecified atom stereocenters. The van der Waals surface area contributed by atoms with E-state index in [-0.39, 0.29) is 0 Å². The summed E-state index contributed by atoms with van der Waals surface area (Å²) < 4.78 is 0. The fourth-order valence-electron chi connectivity index (χ4n) is 3.14. The third-order valence-electron chi connectivity index (χ3n) is 4.22. The standard InChI is InChI=1S/C17H23N3/c1-2-5-15(6-3-1)8-9-16-7-4-12-20(13-16)14-17-18-10-11-19-17/h1-3,5-6,10-11,16H,4,7-9,12-14H2,(H,18,19). The molecule has 0 amide bonds. The van der Waals surface area contributed by atoms with Crippen molar-refractivity contribution < 1.29 is 0 Å². The van der Waals surface area contributed by atoms with Gasteiger partial charge in [0.05, 0.1) is 6.54 Å². The van der Waals surface area contributed by atoms with Gasteiger partial charge in [0.1, 0.15) is 5.82 Å². The number of likely N-dealkylation sites (tertiary alicyclic amines) is 1. The number of imidazole rings is 1. The van der Waals surface area contributed by atoms with Crippen molar-refractivity contribution in [2.45, 2.75) is 32.2 Å². The maximum Gasteiger partial charge on any atom is 0.120 e. The topological polar surface area (TPSA) is 31.9 Å². The Morgan fingerprint density at radius 1 is 1.25 bits per heavy atom. The van der Waals surface area contributed by atoms with Crippen molar-refractivity contribution in [2.75, 3.05) is 13.1 Å². The summed E-state index contributed by atoms with van der Waals surface area (Å²) in [4.78, 5) is 10.1. The van der Waals surface area contributed by atoms with Crippen molar-refractivity contribution >= 4 is 0 Å². The molecule has 2 aromatic rings. The minimum Gasteiger partial charge on any atom is -0.348 e. The first kappa shape index (κ1) is 13.4. The lowest BCUT2D eigenvalue weighted by molar-refractivity contribution is 0.159. The van der Waals surface area contributed by atoms with E-state index in [1.807, 2.05) is 12.4 Å². The van der Waals surface area contributed by atoms with Gasteiger partial charge in [0.2, 0.25) is 0 Å². The molecule has 0 saturated carbocycles. The Morgan fingerprint density at radius 3 is 2.95 bits per heavy atom. The van der Waals surface area contributed by atoms with Gasteiger partial charge in [-0.1, -0.05) is 30.3 Å². The molecule has 1 fully saturated rings. The van der Waals surface area contributed by atoms with E-state index in [2.05, 4.69) is 45.2 Å². The minimum atomic E-state index is 0.832. The van der Waals surface area contributed by atoms with Crippen LogP contribution in [0, 0.1) is 5.92 Å². The molecule has 0 spiro atoms. The Labute approximate surface area is 121 Å². The fourth-order valence-corrected chi connectivity index (χ4v) is 3.14. The second-order valence-corrected chi connectivity index (χ2v) is 5.80. The molecule has 0 aliphatic carbocycles. The van der Waals surface area contributed by atoms with Gasteiger partial charge in [-0.3, -0.25) is 4.90 Å². The van der Waals surface area contributed by atoms with Gasteiger partial charge in [0.25, 0.3) is 0 Å². The number of nitrogens with one attached hydrogen (secondary N) is 1. The van der Waals surface area contributed by atoms with Crippen LogP contribution >= 0.6 is 0 Å². The summed E-state index contributed by atoms with van der Waals surface area (Å²) in [6.07, 6.45) is 8.96. The summed E-state index contributed by atoms with van der Waals surface area (Å²) >= 11 is 0. The molecular formula is C17H23N3. The molecule has 0 bridgehead atoms. The lowest BCUT2D eigenvalue weighted by Gasteiger charge is -2.32. The molecule has 1 aliphatic rings. The number of piperidine rings is 1. The Morgan fingerprint density at radius 2 is 2.15 bits per heavy atom. The highest BCUT2D eigenvalue weighted by Crippen LogP contribution is 2.22. The molecule has 3 heteroatoms. The van der Waals surface area contributed by atoms with E-state index in [0.29, 0.717) is 0 Å². The zero-order valence-corrected chi connectivity index (χ0v) is 12.0. The van der Waals surface area contributed by atoms with Gasteiger partial charge in [0.15, 0.2) is 0 Å². The quantitative estimate of drug-likeness (QED) is 0.903. The van der Waals surface area contributed by atoms with Crippen LogP contribution in [0.5, 0.6) is 0 Å². The van der Waals surface area contributed by atoms with Crippen molar-refractivity contribution in [1.29, 1.82) is 0 Å². The van der Waals surface area contributed by atoms with Crippen molar-refractivity contribution in [2.24, 2.45) is 5.92 Å². The molecule has 3 nitrogen and oxygen atoms in total. The number of aromatic nitrogens is 2. The zero-order chi connectivity index (χ0) is 13.6. The summed E-state index contributed by atoms with van der Waals surface area (Å²) in [5.74, 6) is 1.92. The fraction of sp³-hybridized carbons (Fsp3) is 0.471. The molecule has 1 aliphatic heterocycles. The Bertz CT molecular complexity index is 492. The lowest BCUT2D eigenvalue weighted by atomic mass is 9.91. The van der Waals surface area contributed by atoms with E-state index in [9.17, 15) is 0 Å². The number of benzene rings is 1. The maximum absolute atomic E-state index is 4.33. The van der Waals surface area contributed by atoms with Crippen LogP contribution in [0.25, 0.3) is 0 Å². The molecule has 1 saturated heterocycles. The number of H-pyrrole nitrogens is 1. The third kappa shape index (κ3) is 3.70. The summed E-state index contributed by atoms with van der Waals surface area (Å²) in [6.45, 7) is 3.39. The lowest BCUT2D eigenvalue weighted by Crippen LogP contribution is -2.35. The highest BCUT2D eigenvalue weighted by atomic mass is 15.2. The highest BCUT2D eigenvalue weighted by molar-refractivity contribution is 5.14. The van der Waals surface area contributed by atoms with Gasteiger partial charge in [-0.15, -0.1) is 0 Å². The summed E-state index contributed by atoms with van der Waals surface area (Å²) in [5.41, 5.74) is 1.47. The van der Waals surface area contributed by atoms with Gasteiger partial charge < -0.3 is 4.98 Å². The SMILES string of the molecule is c1ccc(CCC2CCCN(Cc3ncc[nH]3)C2)cc1. The molecule has 1 aromatic carbocycles. The smallest absolute Gasteiger partial charge is 0.120 e. The van der Waals surface area contributed by atoms with E-state index in [1.165, 1.54) is 44.3 Å². The zero-order valence-electron chi connectivity index (χ0n) is 12.0. The monoisotopic (exact) mass is 269 g/mol. The molecule has 0 radical (unpaired) electrons. The van der Waals surface area contributed by atoms with E-state index in [1.54, 1.807) is 0 Å². The predicted octanol–water partition coefficient (Wildman–Crippen LogP) is 3.25. The molecular weight excluding hydrogens is 246 g/mol. The first-order valence-electron chi connectivity index (χ1n) is 7.65. The second kappa shape index (κ2) is 6.71. The van der Waals surface area contributed by atoms with Crippen LogP contribution in [-0.4, -0.2) is 28.0 Å². The van der Waals surface area contributed by atoms with Crippen LogP contribution in [-0.2, 0) is 13.0 Å². The van der Waals surface area contributed by atoms with Gasteiger partial charge in [-0.2, -0.15) is 0 Å². The van der Waals surface area contributed by atoms with Crippen LogP contribution in [0.2, 0.25) is 0 Å².